The molecule has 0 aliphatic heterocycles. The summed E-state index contributed by atoms with van der Waals surface area (Å²) in [5.74, 6) is 0.113. The minimum atomic E-state index is -0.184. The van der Waals surface area contributed by atoms with Crippen LogP contribution in [0.5, 0.6) is 5.75 Å². The van der Waals surface area contributed by atoms with Gasteiger partial charge in [-0.25, -0.2) is 0 Å². The van der Waals surface area contributed by atoms with E-state index in [1.165, 1.54) is 0 Å². The Morgan fingerprint density at radius 2 is 2.23 bits per heavy atom. The molecule has 2 aromatic rings. The van der Waals surface area contributed by atoms with Gasteiger partial charge in [0.1, 0.15) is 5.75 Å². The van der Waals surface area contributed by atoms with Crippen LogP contribution in [0.25, 0.3) is 10.1 Å². The minimum absolute atomic E-state index is 0.113. The molecule has 0 fully saturated rings. The highest BCUT2D eigenvalue weighted by molar-refractivity contribution is 7.80. The van der Waals surface area contributed by atoms with E-state index in [0.717, 1.165) is 10.1 Å². The molecule has 0 unspecified atom stereocenters. The first-order valence-electron chi connectivity index (χ1n) is 3.76. The van der Waals surface area contributed by atoms with Gasteiger partial charge in [-0.3, -0.25) is 0 Å². The van der Waals surface area contributed by atoms with Gasteiger partial charge in [-0.15, -0.1) is 24.0 Å². The van der Waals surface area contributed by atoms with Crippen LogP contribution >= 0.6 is 24.0 Å². The second-order valence-electron chi connectivity index (χ2n) is 2.71. The zero-order valence-corrected chi connectivity index (χ0v) is 8.40. The van der Waals surface area contributed by atoms with Gasteiger partial charge >= 0.3 is 0 Å². The Morgan fingerprint density at radius 3 is 2.92 bits per heavy atom. The van der Waals surface area contributed by atoms with Crippen molar-refractivity contribution in [2.45, 2.75) is 11.5 Å². The molecule has 0 amide bonds. The normalized spacial score (nSPS) is 10.9. The van der Waals surface area contributed by atoms with Crippen LogP contribution in [0.4, 0.5) is 0 Å². The van der Waals surface area contributed by atoms with Gasteiger partial charge in [0.15, 0.2) is 0 Å². The lowest BCUT2D eigenvalue weighted by molar-refractivity contribution is 0.273. The molecule has 4 heteroatoms. The van der Waals surface area contributed by atoms with E-state index in [4.69, 9.17) is 5.11 Å². The Morgan fingerprint density at radius 1 is 1.46 bits per heavy atom. The van der Waals surface area contributed by atoms with Gasteiger partial charge in [-0.2, -0.15) is 0 Å². The van der Waals surface area contributed by atoms with Crippen molar-refractivity contribution in [1.82, 2.24) is 0 Å². The number of fused-ring (bicyclic) bond motifs is 1. The summed E-state index contributed by atoms with van der Waals surface area (Å²) in [6.45, 7) is -0.184. The van der Waals surface area contributed by atoms with E-state index < -0.39 is 0 Å². The fraction of sp³-hybridized carbons (Fsp3) is 0.111. The maximum Gasteiger partial charge on any atom is 0.123 e. The highest BCUT2D eigenvalue weighted by atomic mass is 32.1. The van der Waals surface area contributed by atoms with Crippen LogP contribution in [0, 0.1) is 0 Å². The largest absolute Gasteiger partial charge is 0.507 e. The number of aliphatic hydroxyl groups excluding tert-OH is 1. The lowest BCUT2D eigenvalue weighted by atomic mass is 10.1. The first-order chi connectivity index (χ1) is 6.24. The van der Waals surface area contributed by atoms with E-state index in [0.29, 0.717) is 10.5 Å². The van der Waals surface area contributed by atoms with Crippen LogP contribution in [-0.2, 0) is 6.61 Å². The molecule has 0 saturated carbocycles. The summed E-state index contributed by atoms with van der Waals surface area (Å²) in [4.78, 5) is 0.666. The summed E-state index contributed by atoms with van der Waals surface area (Å²) < 4.78 is 0.986. The highest BCUT2D eigenvalue weighted by Crippen LogP contribution is 2.35. The van der Waals surface area contributed by atoms with Crippen molar-refractivity contribution in [2.24, 2.45) is 0 Å². The first-order valence-corrected chi connectivity index (χ1v) is 5.08. The molecule has 0 radical (unpaired) electrons. The number of aromatic hydroxyl groups is 1. The average Bonchev–Trinajstić information content (AvgIpc) is 2.53. The summed E-state index contributed by atoms with van der Waals surface area (Å²) in [6.07, 6.45) is 0. The highest BCUT2D eigenvalue weighted by Gasteiger charge is 2.09. The van der Waals surface area contributed by atoms with Crippen molar-refractivity contribution in [3.63, 3.8) is 0 Å². The van der Waals surface area contributed by atoms with E-state index in [2.05, 4.69) is 12.6 Å². The lowest BCUT2D eigenvalue weighted by Gasteiger charge is -2.05. The maximum absolute atomic E-state index is 9.51. The summed E-state index contributed by atoms with van der Waals surface area (Å²) in [5, 5.41) is 21.4. The maximum atomic E-state index is 9.51. The molecule has 68 valence electrons. The number of hydrogen-bond donors (Lipinski definition) is 3. The number of phenols is 1. The van der Waals surface area contributed by atoms with Gasteiger partial charge in [0, 0.05) is 20.5 Å². The quantitative estimate of drug-likeness (QED) is 0.635. The summed E-state index contributed by atoms with van der Waals surface area (Å²) in [5.41, 5.74) is 0.495. The summed E-state index contributed by atoms with van der Waals surface area (Å²) in [6, 6.07) is 3.59. The Balaban J connectivity index is 2.85. The number of thiophene rings is 1. The van der Waals surface area contributed by atoms with E-state index in [1.807, 2.05) is 11.4 Å². The van der Waals surface area contributed by atoms with Crippen LogP contribution in [0.1, 0.15) is 5.56 Å². The van der Waals surface area contributed by atoms with Crippen LogP contribution in [-0.4, -0.2) is 10.2 Å². The molecule has 2 rings (SSSR count). The molecule has 1 aromatic heterocycles. The number of rotatable bonds is 1. The number of hydrogen-bond acceptors (Lipinski definition) is 4. The van der Waals surface area contributed by atoms with Gasteiger partial charge in [-0.1, -0.05) is 0 Å². The smallest absolute Gasteiger partial charge is 0.123 e. The third kappa shape index (κ3) is 1.31. The van der Waals surface area contributed by atoms with Crippen molar-refractivity contribution in [1.29, 1.82) is 0 Å². The van der Waals surface area contributed by atoms with E-state index in [9.17, 15) is 5.11 Å². The van der Waals surface area contributed by atoms with Crippen LogP contribution in [0.2, 0.25) is 0 Å². The van der Waals surface area contributed by atoms with E-state index in [1.54, 1.807) is 17.4 Å². The molecule has 2 N–H and O–H groups in total. The Bertz CT molecular complexity index is 448. The third-order valence-corrected chi connectivity index (χ3v) is 3.35. The van der Waals surface area contributed by atoms with E-state index >= 15 is 0 Å². The van der Waals surface area contributed by atoms with Gasteiger partial charge in [0.25, 0.3) is 0 Å². The van der Waals surface area contributed by atoms with Crippen molar-refractivity contribution in [3.8, 4) is 5.75 Å². The zero-order valence-electron chi connectivity index (χ0n) is 6.69. The molecular formula is C9H8O2S2. The van der Waals surface area contributed by atoms with Crippen LogP contribution in [0.15, 0.2) is 22.4 Å². The van der Waals surface area contributed by atoms with Crippen LogP contribution < -0.4 is 0 Å². The Labute approximate surface area is 84.9 Å². The molecule has 13 heavy (non-hydrogen) atoms. The van der Waals surface area contributed by atoms with Gasteiger partial charge in [-0.05, 0) is 17.5 Å². The molecule has 0 bridgehead atoms. The topological polar surface area (TPSA) is 40.5 Å². The van der Waals surface area contributed by atoms with Crippen molar-refractivity contribution in [3.05, 3.63) is 23.1 Å². The van der Waals surface area contributed by atoms with Crippen molar-refractivity contribution in [2.75, 3.05) is 0 Å². The lowest BCUT2D eigenvalue weighted by Crippen LogP contribution is -1.86. The second-order valence-corrected chi connectivity index (χ2v) is 4.11. The summed E-state index contributed by atoms with van der Waals surface area (Å²) >= 11 is 5.81. The van der Waals surface area contributed by atoms with E-state index in [-0.39, 0.29) is 12.4 Å². The fourth-order valence-corrected chi connectivity index (χ4v) is 2.56. The molecule has 0 aliphatic rings. The zero-order chi connectivity index (χ0) is 9.42. The average molecular weight is 212 g/mol. The fourth-order valence-electron chi connectivity index (χ4n) is 1.28. The SMILES string of the molecule is OCc1c(O)cc2sccc2c1S. The molecular weight excluding hydrogens is 204 g/mol. The predicted molar refractivity (Wildman–Crippen MR) is 56.7 cm³/mol. The van der Waals surface area contributed by atoms with Gasteiger partial charge < -0.3 is 10.2 Å². The summed E-state index contributed by atoms with van der Waals surface area (Å²) in [7, 11) is 0. The van der Waals surface area contributed by atoms with Gasteiger partial charge in [0.05, 0.1) is 6.61 Å². The predicted octanol–water partition coefficient (Wildman–Crippen LogP) is 2.39. The molecule has 2 nitrogen and oxygen atoms in total. The number of aliphatic hydroxyl groups is 1. The molecule has 1 heterocycles. The third-order valence-electron chi connectivity index (χ3n) is 1.97. The Hall–Kier alpha value is -0.710. The number of benzene rings is 1. The standard InChI is InChI=1S/C9H8O2S2/c10-4-6-7(11)3-8-5(9(6)12)1-2-13-8/h1-3,10-12H,4H2. The second kappa shape index (κ2) is 3.21. The monoisotopic (exact) mass is 212 g/mol. The molecule has 0 spiro atoms. The molecule has 0 saturated heterocycles. The molecule has 1 aromatic carbocycles. The molecule has 0 aliphatic carbocycles. The van der Waals surface area contributed by atoms with Crippen molar-refractivity contribution >= 4 is 34.1 Å². The molecule has 0 atom stereocenters. The minimum Gasteiger partial charge on any atom is -0.507 e. The van der Waals surface area contributed by atoms with Gasteiger partial charge in [0.2, 0.25) is 0 Å². The van der Waals surface area contributed by atoms with Crippen LogP contribution in [0.3, 0.4) is 0 Å². The van der Waals surface area contributed by atoms with Crippen molar-refractivity contribution < 1.29 is 10.2 Å². The Kier molecular flexibility index (Phi) is 2.19. The first kappa shape index (κ1) is 8.87. The number of thiol groups is 1.